The van der Waals surface area contributed by atoms with E-state index < -0.39 is 0 Å². The van der Waals surface area contributed by atoms with E-state index in [0.717, 1.165) is 5.56 Å². The number of aromatic nitrogens is 3. The van der Waals surface area contributed by atoms with Gasteiger partial charge < -0.3 is 9.15 Å². The van der Waals surface area contributed by atoms with Gasteiger partial charge in [-0.25, -0.2) is 4.68 Å². The van der Waals surface area contributed by atoms with Crippen molar-refractivity contribution in [1.82, 2.24) is 14.9 Å². The average Bonchev–Trinajstić information content (AvgIpc) is 3.16. The molecule has 2 heterocycles. The number of furan rings is 1. The van der Waals surface area contributed by atoms with Crippen LogP contribution in [0.15, 0.2) is 52.5 Å². The Morgan fingerprint density at radius 2 is 2.05 bits per heavy atom. The standard InChI is InChI=1S/C14H11ClN4O2/c1-20-14-4-2-10(6-12(14)15)13-5-3-11(21-13)7-18-19-8-16-17-9-19/h2-9H,1H3/b18-7+. The van der Waals surface area contributed by atoms with Gasteiger partial charge in [0.25, 0.3) is 0 Å². The van der Waals surface area contributed by atoms with Crippen molar-refractivity contribution in [3.63, 3.8) is 0 Å². The summed E-state index contributed by atoms with van der Waals surface area (Å²) in [5.74, 6) is 1.94. The van der Waals surface area contributed by atoms with Crippen molar-refractivity contribution in [1.29, 1.82) is 0 Å². The maximum atomic E-state index is 6.10. The number of nitrogens with zero attached hydrogens (tertiary/aromatic N) is 4. The minimum absolute atomic E-state index is 0.533. The molecule has 0 spiro atoms. The molecule has 1 aromatic carbocycles. The number of hydrogen-bond donors (Lipinski definition) is 0. The van der Waals surface area contributed by atoms with Gasteiger partial charge in [0.1, 0.15) is 29.9 Å². The van der Waals surface area contributed by atoms with Crippen molar-refractivity contribution < 1.29 is 9.15 Å². The summed E-state index contributed by atoms with van der Waals surface area (Å²) in [7, 11) is 1.58. The SMILES string of the molecule is COc1ccc(-c2ccc(/C=N/n3cnnc3)o2)cc1Cl. The summed E-state index contributed by atoms with van der Waals surface area (Å²) in [4.78, 5) is 0. The molecule has 0 aliphatic carbocycles. The number of ether oxygens (including phenoxy) is 1. The Hall–Kier alpha value is -2.60. The highest BCUT2D eigenvalue weighted by Crippen LogP contribution is 2.30. The monoisotopic (exact) mass is 302 g/mol. The van der Waals surface area contributed by atoms with Crippen LogP contribution in [0.25, 0.3) is 11.3 Å². The molecular formula is C14H11ClN4O2. The van der Waals surface area contributed by atoms with Gasteiger partial charge in [-0.05, 0) is 30.3 Å². The van der Waals surface area contributed by atoms with Crippen LogP contribution >= 0.6 is 11.6 Å². The van der Waals surface area contributed by atoms with E-state index in [-0.39, 0.29) is 0 Å². The molecule has 0 N–H and O–H groups in total. The molecule has 0 unspecified atom stereocenters. The van der Waals surface area contributed by atoms with Crippen molar-refractivity contribution in [2.75, 3.05) is 7.11 Å². The summed E-state index contributed by atoms with van der Waals surface area (Å²) in [6.45, 7) is 0. The predicted octanol–water partition coefficient (Wildman–Crippen LogP) is 3.08. The van der Waals surface area contributed by atoms with E-state index >= 15 is 0 Å². The third-order valence-electron chi connectivity index (χ3n) is 2.79. The highest BCUT2D eigenvalue weighted by Gasteiger charge is 2.07. The van der Waals surface area contributed by atoms with Gasteiger partial charge in [-0.3, -0.25) is 0 Å². The van der Waals surface area contributed by atoms with Crippen molar-refractivity contribution in [2.45, 2.75) is 0 Å². The van der Waals surface area contributed by atoms with Gasteiger partial charge in [-0.15, -0.1) is 10.2 Å². The topological polar surface area (TPSA) is 65.4 Å². The first-order valence-electron chi connectivity index (χ1n) is 6.09. The zero-order valence-electron chi connectivity index (χ0n) is 11.1. The Morgan fingerprint density at radius 1 is 1.24 bits per heavy atom. The number of halogens is 1. The van der Waals surface area contributed by atoms with Gasteiger partial charge in [0.05, 0.1) is 18.3 Å². The molecule has 2 aromatic heterocycles. The zero-order valence-corrected chi connectivity index (χ0v) is 11.9. The minimum atomic E-state index is 0.533. The van der Waals surface area contributed by atoms with Crippen LogP contribution in [0.1, 0.15) is 5.76 Å². The molecule has 0 aliphatic heterocycles. The lowest BCUT2D eigenvalue weighted by molar-refractivity contribution is 0.415. The van der Waals surface area contributed by atoms with E-state index in [1.165, 1.54) is 17.3 Å². The molecule has 3 aromatic rings. The molecular weight excluding hydrogens is 292 g/mol. The van der Waals surface area contributed by atoms with Crippen LogP contribution in [0.5, 0.6) is 5.75 Å². The first-order chi connectivity index (χ1) is 10.3. The molecule has 0 fully saturated rings. The fourth-order valence-electron chi connectivity index (χ4n) is 1.78. The normalized spacial score (nSPS) is 11.1. The van der Waals surface area contributed by atoms with Crippen LogP contribution < -0.4 is 4.74 Å². The Bertz CT molecular complexity index is 765. The zero-order chi connectivity index (χ0) is 14.7. The number of methoxy groups -OCH3 is 1. The summed E-state index contributed by atoms with van der Waals surface area (Å²) >= 11 is 6.10. The van der Waals surface area contributed by atoms with E-state index in [9.17, 15) is 0 Å². The fraction of sp³-hybridized carbons (Fsp3) is 0.0714. The molecule has 6 nitrogen and oxygen atoms in total. The van der Waals surface area contributed by atoms with Gasteiger partial charge in [0.15, 0.2) is 0 Å². The van der Waals surface area contributed by atoms with Crippen LogP contribution in [0.4, 0.5) is 0 Å². The average molecular weight is 303 g/mol. The van der Waals surface area contributed by atoms with Gasteiger partial charge >= 0.3 is 0 Å². The Morgan fingerprint density at radius 3 is 2.76 bits per heavy atom. The molecule has 3 rings (SSSR count). The molecule has 0 atom stereocenters. The molecule has 0 saturated heterocycles. The third kappa shape index (κ3) is 2.95. The molecule has 0 amide bonds. The second-order valence-corrected chi connectivity index (χ2v) is 4.55. The summed E-state index contributed by atoms with van der Waals surface area (Å²) in [5.41, 5.74) is 0.866. The second kappa shape index (κ2) is 5.80. The van der Waals surface area contributed by atoms with E-state index in [1.807, 2.05) is 18.2 Å². The number of hydrogen-bond acceptors (Lipinski definition) is 5. The minimum Gasteiger partial charge on any atom is -0.495 e. The van der Waals surface area contributed by atoms with Crippen LogP contribution in [-0.4, -0.2) is 28.2 Å². The molecule has 0 aliphatic rings. The van der Waals surface area contributed by atoms with Crippen molar-refractivity contribution in [3.8, 4) is 17.1 Å². The van der Waals surface area contributed by atoms with Crippen LogP contribution in [-0.2, 0) is 0 Å². The maximum Gasteiger partial charge on any atom is 0.147 e. The lowest BCUT2D eigenvalue weighted by atomic mass is 10.2. The predicted molar refractivity (Wildman–Crippen MR) is 78.7 cm³/mol. The highest BCUT2D eigenvalue weighted by atomic mass is 35.5. The third-order valence-corrected chi connectivity index (χ3v) is 3.08. The molecule has 7 heteroatoms. The summed E-state index contributed by atoms with van der Waals surface area (Å²) in [5, 5.41) is 12.0. The summed E-state index contributed by atoms with van der Waals surface area (Å²) in [6, 6.07) is 9.14. The molecule has 0 radical (unpaired) electrons. The van der Waals surface area contributed by atoms with Crippen LogP contribution in [0, 0.1) is 0 Å². The number of benzene rings is 1. The first-order valence-corrected chi connectivity index (χ1v) is 6.47. The molecule has 0 bridgehead atoms. The Kier molecular flexibility index (Phi) is 3.70. The van der Waals surface area contributed by atoms with Crippen molar-refractivity contribution >= 4 is 17.8 Å². The van der Waals surface area contributed by atoms with Gasteiger partial charge in [0, 0.05) is 5.56 Å². The molecule has 0 saturated carbocycles. The first kappa shape index (κ1) is 13.4. The Labute approximate surface area is 125 Å². The quantitative estimate of drug-likeness (QED) is 0.695. The smallest absolute Gasteiger partial charge is 0.147 e. The molecule has 106 valence electrons. The number of rotatable bonds is 4. The fourth-order valence-corrected chi connectivity index (χ4v) is 2.03. The highest BCUT2D eigenvalue weighted by molar-refractivity contribution is 6.32. The van der Waals surface area contributed by atoms with Crippen molar-refractivity contribution in [3.05, 3.63) is 53.8 Å². The lowest BCUT2D eigenvalue weighted by Gasteiger charge is -2.03. The summed E-state index contributed by atoms with van der Waals surface area (Å²) in [6.07, 6.45) is 4.56. The van der Waals surface area contributed by atoms with Gasteiger partial charge in [0.2, 0.25) is 0 Å². The van der Waals surface area contributed by atoms with Gasteiger partial charge in [-0.2, -0.15) is 5.10 Å². The lowest BCUT2D eigenvalue weighted by Crippen LogP contribution is -1.85. The maximum absolute atomic E-state index is 6.10. The van der Waals surface area contributed by atoms with Crippen molar-refractivity contribution in [2.24, 2.45) is 5.10 Å². The van der Waals surface area contributed by atoms with Crippen LogP contribution in [0.2, 0.25) is 5.02 Å². The largest absolute Gasteiger partial charge is 0.495 e. The Balaban J connectivity index is 1.83. The van der Waals surface area contributed by atoms with Gasteiger partial charge in [-0.1, -0.05) is 11.6 Å². The van der Waals surface area contributed by atoms with E-state index in [0.29, 0.717) is 22.3 Å². The molecule has 21 heavy (non-hydrogen) atoms. The van der Waals surface area contributed by atoms with E-state index in [2.05, 4.69) is 15.3 Å². The summed E-state index contributed by atoms with van der Waals surface area (Å²) < 4.78 is 12.3. The van der Waals surface area contributed by atoms with E-state index in [4.69, 9.17) is 20.8 Å². The second-order valence-electron chi connectivity index (χ2n) is 4.14. The van der Waals surface area contributed by atoms with Crippen LogP contribution in [0.3, 0.4) is 0 Å². The van der Waals surface area contributed by atoms with E-state index in [1.54, 1.807) is 25.5 Å².